The van der Waals surface area contributed by atoms with Gasteiger partial charge in [-0.2, -0.15) is 0 Å². The van der Waals surface area contributed by atoms with Crippen molar-refractivity contribution in [3.8, 4) is 0 Å². The number of pyridine rings is 1. The molecule has 1 atom stereocenters. The molecule has 0 radical (unpaired) electrons. The van der Waals surface area contributed by atoms with Crippen LogP contribution in [0.2, 0.25) is 0 Å². The molecule has 0 saturated heterocycles. The number of nitrogen functional groups attached to an aromatic ring is 1. The quantitative estimate of drug-likeness (QED) is 0.682. The number of hydrogen-bond acceptors (Lipinski definition) is 3. The third-order valence-electron chi connectivity index (χ3n) is 1.68. The second-order valence-electron chi connectivity index (χ2n) is 2.58. The van der Waals surface area contributed by atoms with Crippen molar-refractivity contribution in [2.45, 2.75) is 12.8 Å². The Bertz CT molecular complexity index is 282. The smallest absolute Gasteiger partial charge is 0.310 e. The van der Waals surface area contributed by atoms with Gasteiger partial charge in [0.15, 0.2) is 0 Å². The Balaban J connectivity index is 2.89. The largest absolute Gasteiger partial charge is 0.481 e. The Morgan fingerprint density at radius 1 is 1.67 bits per heavy atom. The number of hydrogen-bond donors (Lipinski definition) is 2. The van der Waals surface area contributed by atoms with Crippen LogP contribution in [0.4, 0.5) is 5.82 Å². The Labute approximate surface area is 70.0 Å². The van der Waals surface area contributed by atoms with E-state index in [0.717, 1.165) is 0 Å². The summed E-state index contributed by atoms with van der Waals surface area (Å²) in [6, 6.07) is 3.26. The van der Waals surface area contributed by atoms with Crippen LogP contribution in [0.15, 0.2) is 18.3 Å². The highest BCUT2D eigenvalue weighted by molar-refractivity contribution is 5.75. The first-order chi connectivity index (χ1) is 5.61. The molecule has 0 spiro atoms. The van der Waals surface area contributed by atoms with Crippen LogP contribution in [0.1, 0.15) is 18.4 Å². The Morgan fingerprint density at radius 3 is 2.75 bits per heavy atom. The second kappa shape index (κ2) is 3.21. The van der Waals surface area contributed by atoms with Crippen molar-refractivity contribution in [3.63, 3.8) is 0 Å². The summed E-state index contributed by atoms with van der Waals surface area (Å²) in [5.74, 6) is -0.990. The number of aliphatic carboxylic acids is 1. The molecule has 12 heavy (non-hydrogen) atoms. The highest BCUT2D eigenvalue weighted by Gasteiger charge is 2.12. The summed E-state index contributed by atoms with van der Waals surface area (Å²) in [5.41, 5.74) is 6.01. The summed E-state index contributed by atoms with van der Waals surface area (Å²) in [4.78, 5) is 14.3. The number of rotatable bonds is 2. The van der Waals surface area contributed by atoms with E-state index < -0.39 is 11.9 Å². The average molecular weight is 166 g/mol. The molecule has 0 aliphatic carbocycles. The van der Waals surface area contributed by atoms with Crippen molar-refractivity contribution in [1.29, 1.82) is 0 Å². The Morgan fingerprint density at radius 2 is 2.33 bits per heavy atom. The molecule has 0 aromatic carbocycles. The molecular formula is C8H10N2O2. The van der Waals surface area contributed by atoms with Crippen molar-refractivity contribution < 1.29 is 9.90 Å². The van der Waals surface area contributed by atoms with Gasteiger partial charge >= 0.3 is 5.97 Å². The van der Waals surface area contributed by atoms with E-state index in [9.17, 15) is 4.79 Å². The maximum absolute atomic E-state index is 10.5. The van der Waals surface area contributed by atoms with Crippen LogP contribution >= 0.6 is 0 Å². The number of nitrogens with zero attached hydrogens (tertiary/aromatic N) is 1. The number of carboxylic acid groups (broad SMARTS) is 1. The first-order valence-electron chi connectivity index (χ1n) is 3.55. The molecule has 1 heterocycles. The van der Waals surface area contributed by atoms with Gasteiger partial charge in [0.25, 0.3) is 0 Å². The molecule has 0 saturated carbocycles. The van der Waals surface area contributed by atoms with E-state index in [1.54, 1.807) is 19.1 Å². The van der Waals surface area contributed by atoms with Crippen molar-refractivity contribution in [3.05, 3.63) is 23.9 Å². The fourth-order valence-electron chi connectivity index (χ4n) is 0.815. The highest BCUT2D eigenvalue weighted by atomic mass is 16.4. The Hall–Kier alpha value is -1.58. The summed E-state index contributed by atoms with van der Waals surface area (Å²) in [5, 5.41) is 8.65. The van der Waals surface area contributed by atoms with Crippen LogP contribution in [-0.4, -0.2) is 16.1 Å². The number of aromatic nitrogens is 1. The van der Waals surface area contributed by atoms with E-state index in [-0.39, 0.29) is 0 Å². The van der Waals surface area contributed by atoms with E-state index in [0.29, 0.717) is 11.4 Å². The van der Waals surface area contributed by atoms with Crippen LogP contribution in [0, 0.1) is 0 Å². The molecule has 1 aromatic rings. The van der Waals surface area contributed by atoms with Crippen LogP contribution < -0.4 is 5.73 Å². The summed E-state index contributed by atoms with van der Waals surface area (Å²) >= 11 is 0. The van der Waals surface area contributed by atoms with Gasteiger partial charge in [-0.15, -0.1) is 0 Å². The molecule has 4 heteroatoms. The Kier molecular flexibility index (Phi) is 2.28. The number of carboxylic acids is 1. The van der Waals surface area contributed by atoms with Crippen LogP contribution in [0.25, 0.3) is 0 Å². The predicted octanol–water partition coefficient (Wildman–Crippen LogP) is 0.852. The van der Waals surface area contributed by atoms with Crippen molar-refractivity contribution >= 4 is 11.8 Å². The van der Waals surface area contributed by atoms with Gasteiger partial charge < -0.3 is 10.8 Å². The molecule has 64 valence electrons. The van der Waals surface area contributed by atoms with Gasteiger partial charge in [-0.05, 0) is 18.6 Å². The van der Waals surface area contributed by atoms with E-state index >= 15 is 0 Å². The van der Waals surface area contributed by atoms with Crippen molar-refractivity contribution in [1.82, 2.24) is 4.98 Å². The standard InChI is InChI=1S/C8H10N2O2/c1-5(8(11)12)6-2-3-7(9)10-4-6/h2-5H,1H3,(H2,9,10)(H,11,12). The maximum Gasteiger partial charge on any atom is 0.310 e. The first-order valence-corrected chi connectivity index (χ1v) is 3.55. The van der Waals surface area contributed by atoms with Crippen LogP contribution in [0.5, 0.6) is 0 Å². The van der Waals surface area contributed by atoms with E-state index in [1.807, 2.05) is 0 Å². The topological polar surface area (TPSA) is 76.2 Å². The van der Waals surface area contributed by atoms with Gasteiger partial charge in [-0.1, -0.05) is 6.07 Å². The fraction of sp³-hybridized carbons (Fsp3) is 0.250. The molecule has 1 rings (SSSR count). The third kappa shape index (κ3) is 1.72. The zero-order valence-electron chi connectivity index (χ0n) is 6.69. The van der Waals surface area contributed by atoms with Crippen LogP contribution in [-0.2, 0) is 4.79 Å². The van der Waals surface area contributed by atoms with Gasteiger partial charge in [0, 0.05) is 6.20 Å². The lowest BCUT2D eigenvalue weighted by atomic mass is 10.0. The van der Waals surface area contributed by atoms with Crippen molar-refractivity contribution in [2.24, 2.45) is 0 Å². The number of nitrogens with two attached hydrogens (primary N) is 1. The van der Waals surface area contributed by atoms with Gasteiger partial charge in [0.2, 0.25) is 0 Å². The fourth-order valence-corrected chi connectivity index (χ4v) is 0.815. The molecule has 0 aliphatic rings. The summed E-state index contributed by atoms with van der Waals surface area (Å²) in [6.45, 7) is 1.61. The average Bonchev–Trinajstić information content (AvgIpc) is 2.04. The lowest BCUT2D eigenvalue weighted by Crippen LogP contribution is -2.07. The lowest BCUT2D eigenvalue weighted by Gasteiger charge is -2.04. The molecular weight excluding hydrogens is 156 g/mol. The number of anilines is 1. The summed E-state index contributed by atoms with van der Waals surface area (Å²) < 4.78 is 0. The molecule has 1 aromatic heterocycles. The summed E-state index contributed by atoms with van der Waals surface area (Å²) in [6.07, 6.45) is 1.48. The molecule has 4 nitrogen and oxygen atoms in total. The highest BCUT2D eigenvalue weighted by Crippen LogP contribution is 2.14. The minimum atomic E-state index is -0.860. The van der Waals surface area contributed by atoms with Gasteiger partial charge in [-0.3, -0.25) is 4.79 Å². The monoisotopic (exact) mass is 166 g/mol. The zero-order valence-corrected chi connectivity index (χ0v) is 6.69. The third-order valence-corrected chi connectivity index (χ3v) is 1.68. The molecule has 3 N–H and O–H groups in total. The first kappa shape index (κ1) is 8.52. The normalized spacial score (nSPS) is 12.4. The van der Waals surface area contributed by atoms with E-state index in [2.05, 4.69) is 4.98 Å². The van der Waals surface area contributed by atoms with Gasteiger partial charge in [0.1, 0.15) is 5.82 Å². The molecule has 1 unspecified atom stereocenters. The van der Waals surface area contributed by atoms with E-state index in [4.69, 9.17) is 10.8 Å². The molecule has 0 aliphatic heterocycles. The number of carbonyl (C=O) groups is 1. The van der Waals surface area contributed by atoms with Crippen molar-refractivity contribution in [2.75, 3.05) is 5.73 Å². The molecule has 0 amide bonds. The molecule has 0 fully saturated rings. The second-order valence-corrected chi connectivity index (χ2v) is 2.58. The summed E-state index contributed by atoms with van der Waals surface area (Å²) in [7, 11) is 0. The lowest BCUT2D eigenvalue weighted by molar-refractivity contribution is -0.138. The minimum absolute atomic E-state index is 0.399. The van der Waals surface area contributed by atoms with Gasteiger partial charge in [-0.25, -0.2) is 4.98 Å². The predicted molar refractivity (Wildman–Crippen MR) is 44.7 cm³/mol. The minimum Gasteiger partial charge on any atom is -0.481 e. The molecule has 0 bridgehead atoms. The zero-order chi connectivity index (χ0) is 9.14. The van der Waals surface area contributed by atoms with E-state index in [1.165, 1.54) is 6.20 Å². The maximum atomic E-state index is 10.5. The van der Waals surface area contributed by atoms with Gasteiger partial charge in [0.05, 0.1) is 5.92 Å². The SMILES string of the molecule is CC(C(=O)O)c1ccc(N)nc1. The van der Waals surface area contributed by atoms with Crippen LogP contribution in [0.3, 0.4) is 0 Å².